The van der Waals surface area contributed by atoms with Gasteiger partial charge >= 0.3 is 0 Å². The summed E-state index contributed by atoms with van der Waals surface area (Å²) in [5, 5.41) is 16.5. The fourth-order valence-corrected chi connectivity index (χ4v) is 4.61. The largest absolute Gasteiger partial charge is 0.360 e. The summed E-state index contributed by atoms with van der Waals surface area (Å²) in [4.78, 5) is 19.9. The third kappa shape index (κ3) is 3.30. The van der Waals surface area contributed by atoms with Gasteiger partial charge in [-0.1, -0.05) is 24.3 Å². The Bertz CT molecular complexity index is 856. The normalized spacial score (nSPS) is 17.7. The smallest absolute Gasteiger partial charge is 0.237 e. The number of hydrogen-bond acceptors (Lipinski definition) is 6. The molecule has 26 heavy (non-hydrogen) atoms. The molecule has 0 unspecified atom stereocenters. The van der Waals surface area contributed by atoms with Gasteiger partial charge in [-0.15, -0.1) is 11.3 Å². The first-order valence-corrected chi connectivity index (χ1v) is 9.79. The van der Waals surface area contributed by atoms with Crippen LogP contribution < -0.4 is 10.6 Å². The lowest BCUT2D eigenvalue weighted by molar-refractivity contribution is -0.130. The monoisotopic (exact) mass is 367 g/mol. The van der Waals surface area contributed by atoms with Crippen LogP contribution in [0.2, 0.25) is 0 Å². The minimum atomic E-state index is -0.247. The average Bonchev–Trinajstić information content (AvgIpc) is 3.35. The Morgan fingerprint density at radius 2 is 2.27 bits per heavy atom. The van der Waals surface area contributed by atoms with Crippen molar-refractivity contribution in [3.63, 3.8) is 0 Å². The van der Waals surface area contributed by atoms with E-state index in [-0.39, 0.29) is 18.5 Å². The van der Waals surface area contributed by atoms with E-state index in [0.717, 1.165) is 30.1 Å². The molecule has 1 fully saturated rings. The second-order valence-corrected chi connectivity index (χ2v) is 7.69. The van der Waals surface area contributed by atoms with Crippen LogP contribution in [0.15, 0.2) is 24.3 Å². The van der Waals surface area contributed by atoms with Gasteiger partial charge in [0.15, 0.2) is 5.13 Å². The highest BCUT2D eigenvalue weighted by Crippen LogP contribution is 2.40. The lowest BCUT2D eigenvalue weighted by atomic mass is 10.1. The number of benzene rings is 1. The van der Waals surface area contributed by atoms with E-state index in [9.17, 15) is 4.79 Å². The highest BCUT2D eigenvalue weighted by atomic mass is 32.1. The maximum absolute atomic E-state index is 12.1. The average molecular weight is 367 g/mol. The van der Waals surface area contributed by atoms with Crippen LogP contribution in [-0.4, -0.2) is 48.0 Å². The molecule has 0 spiro atoms. The van der Waals surface area contributed by atoms with Crippen LogP contribution >= 0.6 is 11.3 Å². The standard InChI is InChI=1S/C19H21N5OS/c20-11-14-5-3-9-24(14)17(25)12-21-7-8-22-19-23-18-15-6-2-1-4-13(15)10-16(18)26-19/h1-2,4,6,14,21H,3,5,7-10,12H2,(H,22,23)/t14-/m0/s1. The van der Waals surface area contributed by atoms with Crippen molar-refractivity contribution in [2.24, 2.45) is 0 Å². The number of hydrogen-bond donors (Lipinski definition) is 2. The van der Waals surface area contributed by atoms with E-state index in [1.54, 1.807) is 16.2 Å². The molecule has 1 aromatic carbocycles. The first-order valence-electron chi connectivity index (χ1n) is 8.98. The number of carbonyl (C=O) groups is 1. The van der Waals surface area contributed by atoms with E-state index in [1.165, 1.54) is 16.0 Å². The molecule has 0 bridgehead atoms. The second-order valence-electron chi connectivity index (χ2n) is 6.60. The summed E-state index contributed by atoms with van der Waals surface area (Å²) in [5.41, 5.74) is 3.70. The number of fused-ring (bicyclic) bond motifs is 3. The van der Waals surface area contributed by atoms with Crippen molar-refractivity contribution in [2.75, 3.05) is 31.5 Å². The molecule has 4 rings (SSSR count). The minimum Gasteiger partial charge on any atom is -0.360 e. The summed E-state index contributed by atoms with van der Waals surface area (Å²) in [6.45, 7) is 2.37. The quantitative estimate of drug-likeness (QED) is 0.653. The summed E-state index contributed by atoms with van der Waals surface area (Å²) in [5.74, 6) is 0.0129. The van der Waals surface area contributed by atoms with Crippen LogP contribution in [-0.2, 0) is 11.2 Å². The summed E-state index contributed by atoms with van der Waals surface area (Å²) in [7, 11) is 0. The van der Waals surface area contributed by atoms with Crippen molar-refractivity contribution < 1.29 is 4.79 Å². The summed E-state index contributed by atoms with van der Waals surface area (Å²) in [6, 6.07) is 10.4. The first-order chi connectivity index (χ1) is 12.8. The van der Waals surface area contributed by atoms with Gasteiger partial charge in [-0.25, -0.2) is 4.98 Å². The molecule has 0 saturated carbocycles. The zero-order valence-corrected chi connectivity index (χ0v) is 15.3. The molecule has 0 radical (unpaired) electrons. The van der Waals surface area contributed by atoms with Gasteiger partial charge in [0, 0.05) is 36.5 Å². The van der Waals surface area contributed by atoms with Gasteiger partial charge in [-0.05, 0) is 18.4 Å². The van der Waals surface area contributed by atoms with E-state index >= 15 is 0 Å². The highest BCUT2D eigenvalue weighted by molar-refractivity contribution is 7.16. The predicted molar refractivity (Wildman–Crippen MR) is 102 cm³/mol. The van der Waals surface area contributed by atoms with Crippen LogP contribution in [0.5, 0.6) is 0 Å². The summed E-state index contributed by atoms with van der Waals surface area (Å²) in [6.07, 6.45) is 2.68. The van der Waals surface area contributed by atoms with Gasteiger partial charge in [0.2, 0.25) is 5.91 Å². The molecule has 1 saturated heterocycles. The number of carbonyl (C=O) groups excluding carboxylic acids is 1. The van der Waals surface area contributed by atoms with E-state index in [0.29, 0.717) is 19.6 Å². The Morgan fingerprint density at radius 1 is 1.38 bits per heavy atom. The lowest BCUT2D eigenvalue weighted by Gasteiger charge is -2.19. The predicted octanol–water partition coefficient (Wildman–Crippen LogP) is 2.23. The van der Waals surface area contributed by atoms with Crippen LogP contribution in [0.25, 0.3) is 11.3 Å². The van der Waals surface area contributed by atoms with Crippen molar-refractivity contribution in [2.45, 2.75) is 25.3 Å². The Labute approximate surface area is 156 Å². The molecule has 1 aromatic heterocycles. The lowest BCUT2D eigenvalue weighted by Crippen LogP contribution is -2.41. The summed E-state index contributed by atoms with van der Waals surface area (Å²) < 4.78 is 0. The Morgan fingerprint density at radius 3 is 3.15 bits per heavy atom. The molecular formula is C19H21N5OS. The SMILES string of the molecule is N#C[C@@H]1CCCN1C(=O)CNCCNc1nc2c(s1)Cc1ccccc1-2. The van der Waals surface area contributed by atoms with Crippen LogP contribution in [0, 0.1) is 11.3 Å². The highest BCUT2D eigenvalue weighted by Gasteiger charge is 2.27. The number of nitrogens with one attached hydrogen (secondary N) is 2. The van der Waals surface area contributed by atoms with Crippen molar-refractivity contribution in [3.8, 4) is 17.3 Å². The third-order valence-electron chi connectivity index (χ3n) is 4.90. The molecule has 6 nitrogen and oxygen atoms in total. The van der Waals surface area contributed by atoms with E-state index in [2.05, 4.69) is 41.0 Å². The second kappa shape index (κ2) is 7.44. The fraction of sp³-hybridized carbons (Fsp3) is 0.421. The van der Waals surface area contributed by atoms with Gasteiger partial charge in [-0.2, -0.15) is 5.26 Å². The van der Waals surface area contributed by atoms with Gasteiger partial charge in [-0.3, -0.25) is 4.79 Å². The molecule has 1 aliphatic carbocycles. The zero-order chi connectivity index (χ0) is 17.9. The van der Waals surface area contributed by atoms with Crippen molar-refractivity contribution in [1.82, 2.24) is 15.2 Å². The number of rotatable bonds is 6. The molecule has 7 heteroatoms. The molecule has 2 aliphatic rings. The van der Waals surface area contributed by atoms with Crippen LogP contribution in [0.3, 0.4) is 0 Å². The van der Waals surface area contributed by atoms with Crippen LogP contribution in [0.4, 0.5) is 5.13 Å². The number of aromatic nitrogens is 1. The summed E-state index contributed by atoms with van der Waals surface area (Å²) >= 11 is 1.71. The number of anilines is 1. The molecule has 2 heterocycles. The van der Waals surface area contributed by atoms with Gasteiger partial charge in [0.25, 0.3) is 0 Å². The number of amides is 1. The Hall–Kier alpha value is -2.43. The maximum atomic E-state index is 12.1. The van der Waals surface area contributed by atoms with Crippen molar-refractivity contribution in [1.29, 1.82) is 5.26 Å². The van der Waals surface area contributed by atoms with Crippen LogP contribution in [0.1, 0.15) is 23.3 Å². The third-order valence-corrected chi connectivity index (χ3v) is 5.91. The van der Waals surface area contributed by atoms with Crippen molar-refractivity contribution >= 4 is 22.4 Å². The molecule has 1 amide bonds. The van der Waals surface area contributed by atoms with E-state index < -0.39 is 0 Å². The number of likely N-dealkylation sites (tertiary alicyclic amines) is 1. The molecule has 1 atom stereocenters. The zero-order valence-electron chi connectivity index (χ0n) is 14.5. The molecular weight excluding hydrogens is 346 g/mol. The number of nitrogens with zero attached hydrogens (tertiary/aromatic N) is 3. The fourth-order valence-electron chi connectivity index (χ4n) is 3.59. The molecule has 1 aliphatic heterocycles. The molecule has 134 valence electrons. The van der Waals surface area contributed by atoms with Gasteiger partial charge in [0.05, 0.1) is 18.3 Å². The van der Waals surface area contributed by atoms with Gasteiger partial charge < -0.3 is 15.5 Å². The Kier molecular flexibility index (Phi) is 4.87. The first kappa shape index (κ1) is 17.0. The molecule has 2 N–H and O–H groups in total. The van der Waals surface area contributed by atoms with E-state index in [1.807, 2.05) is 0 Å². The van der Waals surface area contributed by atoms with E-state index in [4.69, 9.17) is 10.2 Å². The Balaban J connectivity index is 1.22. The molecule has 2 aromatic rings. The maximum Gasteiger partial charge on any atom is 0.237 e. The number of thiazole rings is 1. The topological polar surface area (TPSA) is 81.0 Å². The minimum absolute atomic E-state index is 0.0129. The number of nitriles is 1. The van der Waals surface area contributed by atoms with Crippen molar-refractivity contribution in [3.05, 3.63) is 34.7 Å². The van der Waals surface area contributed by atoms with Gasteiger partial charge in [0.1, 0.15) is 6.04 Å².